The van der Waals surface area contributed by atoms with Crippen LogP contribution in [0.25, 0.3) is 0 Å². The average molecular weight is 261 g/mol. The van der Waals surface area contributed by atoms with E-state index in [9.17, 15) is 9.59 Å². The van der Waals surface area contributed by atoms with Crippen molar-refractivity contribution in [3.63, 3.8) is 0 Å². The van der Waals surface area contributed by atoms with Gasteiger partial charge in [-0.05, 0) is 31.2 Å². The minimum atomic E-state index is -0.0369. The highest BCUT2D eigenvalue weighted by Gasteiger charge is 2.21. The molecule has 0 radical (unpaired) electrons. The first-order valence-electron chi connectivity index (χ1n) is 6.51. The maximum Gasteiger partial charge on any atom is 0.234 e. The maximum absolute atomic E-state index is 11.7. The lowest BCUT2D eigenvalue weighted by atomic mass is 10.2. The van der Waals surface area contributed by atoms with Crippen LogP contribution in [0.4, 0.5) is 5.69 Å². The van der Waals surface area contributed by atoms with E-state index in [1.807, 2.05) is 24.3 Å². The van der Waals surface area contributed by atoms with E-state index in [4.69, 9.17) is 0 Å². The molecule has 2 rings (SSSR count). The Morgan fingerprint density at radius 1 is 1.42 bits per heavy atom. The van der Waals surface area contributed by atoms with Crippen molar-refractivity contribution in [1.82, 2.24) is 10.6 Å². The first kappa shape index (κ1) is 13.5. The number of likely N-dealkylation sites (N-methyl/N-ethyl adjacent to an activating group) is 1. The standard InChI is InChI=1S/C14H19N3O2/c1-15-10-13(18)16-9-11-4-2-5-12(8-11)17-7-3-6-14(17)19/h2,4-5,8,15H,3,6-7,9-10H2,1H3,(H,16,18). The highest BCUT2D eigenvalue weighted by atomic mass is 16.2. The van der Waals surface area contributed by atoms with Crippen LogP contribution in [0, 0.1) is 0 Å². The van der Waals surface area contributed by atoms with Gasteiger partial charge in [-0.25, -0.2) is 0 Å². The van der Waals surface area contributed by atoms with Crippen molar-refractivity contribution < 1.29 is 9.59 Å². The van der Waals surface area contributed by atoms with E-state index in [2.05, 4.69) is 10.6 Å². The Labute approximate surface area is 113 Å². The molecule has 1 aromatic rings. The molecule has 1 fully saturated rings. The van der Waals surface area contributed by atoms with Crippen molar-refractivity contribution in [2.24, 2.45) is 0 Å². The molecule has 102 valence electrons. The van der Waals surface area contributed by atoms with Crippen LogP contribution in [0.2, 0.25) is 0 Å². The molecule has 5 heteroatoms. The number of nitrogens with one attached hydrogen (secondary N) is 2. The summed E-state index contributed by atoms with van der Waals surface area (Å²) in [4.78, 5) is 24.9. The van der Waals surface area contributed by atoms with Crippen LogP contribution in [0.3, 0.4) is 0 Å². The second-order valence-electron chi connectivity index (χ2n) is 4.63. The Hall–Kier alpha value is -1.88. The van der Waals surface area contributed by atoms with Gasteiger partial charge in [0.25, 0.3) is 0 Å². The molecule has 1 aliphatic heterocycles. The van der Waals surface area contributed by atoms with E-state index >= 15 is 0 Å². The number of hydrogen-bond acceptors (Lipinski definition) is 3. The number of nitrogens with zero attached hydrogens (tertiary/aromatic N) is 1. The first-order valence-corrected chi connectivity index (χ1v) is 6.51. The summed E-state index contributed by atoms with van der Waals surface area (Å²) in [6.07, 6.45) is 1.55. The fraction of sp³-hybridized carbons (Fsp3) is 0.429. The van der Waals surface area contributed by atoms with Crippen LogP contribution in [0.1, 0.15) is 18.4 Å². The monoisotopic (exact) mass is 261 g/mol. The van der Waals surface area contributed by atoms with Gasteiger partial charge in [0.05, 0.1) is 6.54 Å². The second kappa shape index (κ2) is 6.33. The van der Waals surface area contributed by atoms with Crippen LogP contribution >= 0.6 is 0 Å². The lowest BCUT2D eigenvalue weighted by molar-refractivity contribution is -0.120. The van der Waals surface area contributed by atoms with E-state index in [1.54, 1.807) is 11.9 Å². The summed E-state index contributed by atoms with van der Waals surface area (Å²) >= 11 is 0. The number of carbonyl (C=O) groups excluding carboxylic acids is 2. The smallest absolute Gasteiger partial charge is 0.234 e. The normalized spacial score (nSPS) is 14.8. The van der Waals surface area contributed by atoms with Crippen molar-refractivity contribution in [3.8, 4) is 0 Å². The van der Waals surface area contributed by atoms with Crippen LogP contribution in [-0.4, -0.2) is 32.0 Å². The summed E-state index contributed by atoms with van der Waals surface area (Å²) in [5.74, 6) is 0.140. The van der Waals surface area contributed by atoms with Crippen molar-refractivity contribution in [2.45, 2.75) is 19.4 Å². The third-order valence-electron chi connectivity index (χ3n) is 3.12. The van der Waals surface area contributed by atoms with Crippen molar-refractivity contribution >= 4 is 17.5 Å². The lowest BCUT2D eigenvalue weighted by Crippen LogP contribution is -2.31. The molecule has 0 atom stereocenters. The number of amides is 2. The van der Waals surface area contributed by atoms with Gasteiger partial charge in [0.15, 0.2) is 0 Å². The summed E-state index contributed by atoms with van der Waals surface area (Å²) in [5.41, 5.74) is 1.92. The van der Waals surface area contributed by atoms with Crippen molar-refractivity contribution in [2.75, 3.05) is 25.0 Å². The number of rotatable bonds is 5. The van der Waals surface area contributed by atoms with Gasteiger partial charge in [-0.3, -0.25) is 9.59 Å². The van der Waals surface area contributed by atoms with E-state index in [0.717, 1.165) is 24.2 Å². The summed E-state index contributed by atoms with van der Waals surface area (Å²) in [7, 11) is 1.74. The van der Waals surface area contributed by atoms with E-state index in [1.165, 1.54) is 0 Å². The fourth-order valence-electron chi connectivity index (χ4n) is 2.18. The van der Waals surface area contributed by atoms with Gasteiger partial charge in [-0.15, -0.1) is 0 Å². The van der Waals surface area contributed by atoms with Crippen LogP contribution in [0.15, 0.2) is 24.3 Å². The molecule has 1 aliphatic rings. The third-order valence-corrected chi connectivity index (χ3v) is 3.12. The predicted molar refractivity (Wildman–Crippen MR) is 73.8 cm³/mol. The van der Waals surface area contributed by atoms with Gasteiger partial charge in [0.2, 0.25) is 11.8 Å². The maximum atomic E-state index is 11.7. The Bertz CT molecular complexity index is 474. The summed E-state index contributed by atoms with van der Waals surface area (Å²) in [5, 5.41) is 5.62. The molecular formula is C14H19N3O2. The quantitative estimate of drug-likeness (QED) is 0.818. The topological polar surface area (TPSA) is 61.4 Å². The molecule has 2 amide bonds. The van der Waals surface area contributed by atoms with Crippen LogP contribution < -0.4 is 15.5 Å². The fourth-order valence-corrected chi connectivity index (χ4v) is 2.18. The average Bonchev–Trinajstić information content (AvgIpc) is 2.83. The molecule has 1 saturated heterocycles. The molecule has 19 heavy (non-hydrogen) atoms. The Kier molecular flexibility index (Phi) is 4.52. The number of benzene rings is 1. The summed E-state index contributed by atoms with van der Waals surface area (Å²) in [6, 6.07) is 7.76. The largest absolute Gasteiger partial charge is 0.351 e. The molecule has 0 unspecified atom stereocenters. The van der Waals surface area contributed by atoms with Crippen LogP contribution in [-0.2, 0) is 16.1 Å². The molecular weight excluding hydrogens is 242 g/mol. The Morgan fingerprint density at radius 2 is 2.26 bits per heavy atom. The predicted octanol–water partition coefficient (Wildman–Crippen LogP) is 0.649. The van der Waals surface area contributed by atoms with Crippen molar-refractivity contribution in [3.05, 3.63) is 29.8 Å². The molecule has 0 bridgehead atoms. The Morgan fingerprint density at radius 3 is 2.95 bits per heavy atom. The first-order chi connectivity index (χ1) is 9.20. The van der Waals surface area contributed by atoms with Gasteiger partial charge < -0.3 is 15.5 Å². The van der Waals surface area contributed by atoms with E-state index < -0.39 is 0 Å². The molecule has 1 heterocycles. The number of anilines is 1. The highest BCUT2D eigenvalue weighted by Crippen LogP contribution is 2.22. The second-order valence-corrected chi connectivity index (χ2v) is 4.63. The summed E-state index contributed by atoms with van der Waals surface area (Å²) < 4.78 is 0. The molecule has 5 nitrogen and oxygen atoms in total. The van der Waals surface area contributed by atoms with Gasteiger partial charge >= 0.3 is 0 Å². The zero-order valence-corrected chi connectivity index (χ0v) is 11.1. The Balaban J connectivity index is 1.99. The van der Waals surface area contributed by atoms with E-state index in [0.29, 0.717) is 19.5 Å². The molecule has 0 aromatic heterocycles. The molecule has 0 saturated carbocycles. The highest BCUT2D eigenvalue weighted by molar-refractivity contribution is 5.95. The van der Waals surface area contributed by atoms with Gasteiger partial charge in [0.1, 0.15) is 0 Å². The van der Waals surface area contributed by atoms with Gasteiger partial charge in [-0.1, -0.05) is 12.1 Å². The zero-order chi connectivity index (χ0) is 13.7. The zero-order valence-electron chi connectivity index (χ0n) is 11.1. The summed E-state index contributed by atoms with van der Waals surface area (Å²) in [6.45, 7) is 1.58. The third kappa shape index (κ3) is 3.54. The number of hydrogen-bond donors (Lipinski definition) is 2. The van der Waals surface area contributed by atoms with Crippen molar-refractivity contribution in [1.29, 1.82) is 0 Å². The molecule has 2 N–H and O–H groups in total. The lowest BCUT2D eigenvalue weighted by Gasteiger charge is -2.16. The molecule has 0 spiro atoms. The molecule has 0 aliphatic carbocycles. The number of carbonyl (C=O) groups is 2. The van der Waals surface area contributed by atoms with Gasteiger partial charge in [-0.2, -0.15) is 0 Å². The minimum absolute atomic E-state index is 0.0369. The van der Waals surface area contributed by atoms with E-state index in [-0.39, 0.29) is 11.8 Å². The van der Waals surface area contributed by atoms with Gasteiger partial charge in [0, 0.05) is 25.2 Å². The molecule has 1 aromatic carbocycles. The van der Waals surface area contributed by atoms with Crippen LogP contribution in [0.5, 0.6) is 0 Å². The SMILES string of the molecule is CNCC(=O)NCc1cccc(N2CCCC2=O)c1. The minimum Gasteiger partial charge on any atom is -0.351 e.